The zero-order chi connectivity index (χ0) is 13.5. The van der Waals surface area contributed by atoms with E-state index in [1.54, 1.807) is 0 Å². The third-order valence-electron chi connectivity index (χ3n) is 3.99. The molecule has 1 fully saturated rings. The quantitative estimate of drug-likeness (QED) is 0.848. The molecule has 1 aliphatic rings. The molecule has 4 nitrogen and oxygen atoms in total. The lowest BCUT2D eigenvalue weighted by Gasteiger charge is -2.30. The van der Waals surface area contributed by atoms with Crippen LogP contribution in [0.2, 0.25) is 0 Å². The van der Waals surface area contributed by atoms with Crippen molar-refractivity contribution in [3.8, 4) is 0 Å². The van der Waals surface area contributed by atoms with Crippen LogP contribution in [0.15, 0.2) is 24.5 Å². The van der Waals surface area contributed by atoms with Crippen LogP contribution in [0.3, 0.4) is 0 Å². The van der Waals surface area contributed by atoms with Crippen LogP contribution in [0.25, 0.3) is 0 Å². The lowest BCUT2D eigenvalue weighted by Crippen LogP contribution is -2.36. The van der Waals surface area contributed by atoms with Crippen molar-refractivity contribution in [2.24, 2.45) is 5.92 Å². The fourth-order valence-corrected chi connectivity index (χ4v) is 2.68. The van der Waals surface area contributed by atoms with Crippen molar-refractivity contribution in [1.29, 1.82) is 0 Å². The molecule has 4 heteroatoms. The maximum atomic E-state index is 11.9. The molecule has 2 heterocycles. The summed E-state index contributed by atoms with van der Waals surface area (Å²) in [5, 5.41) is 3.02. The van der Waals surface area contributed by atoms with Crippen LogP contribution in [0.1, 0.15) is 26.2 Å². The smallest absolute Gasteiger partial charge is 0.220 e. The summed E-state index contributed by atoms with van der Waals surface area (Å²) in [7, 11) is 0. The van der Waals surface area contributed by atoms with E-state index in [-0.39, 0.29) is 5.91 Å². The summed E-state index contributed by atoms with van der Waals surface area (Å²) in [5.41, 5.74) is 0. The van der Waals surface area contributed by atoms with Gasteiger partial charge in [0.15, 0.2) is 0 Å². The number of rotatable bonds is 6. The first-order valence-corrected chi connectivity index (χ1v) is 7.37. The van der Waals surface area contributed by atoms with Crippen molar-refractivity contribution in [2.75, 3.05) is 26.2 Å². The second-order valence-electron chi connectivity index (χ2n) is 5.35. The molecule has 2 rings (SSSR count). The summed E-state index contributed by atoms with van der Waals surface area (Å²) in [4.78, 5) is 14.3. The van der Waals surface area contributed by atoms with Gasteiger partial charge in [-0.25, -0.2) is 0 Å². The minimum absolute atomic E-state index is 0.210. The number of hydrogen-bond donors (Lipinski definition) is 1. The number of aromatic nitrogens is 1. The zero-order valence-corrected chi connectivity index (χ0v) is 11.8. The van der Waals surface area contributed by atoms with Crippen molar-refractivity contribution < 1.29 is 4.79 Å². The summed E-state index contributed by atoms with van der Waals surface area (Å²) in [6, 6.07) is 4.01. The summed E-state index contributed by atoms with van der Waals surface area (Å²) in [6.45, 7) is 7.22. The Morgan fingerprint density at radius 2 is 1.95 bits per heavy atom. The first-order chi connectivity index (χ1) is 9.28. The van der Waals surface area contributed by atoms with Gasteiger partial charge in [0.25, 0.3) is 0 Å². The van der Waals surface area contributed by atoms with Crippen molar-refractivity contribution in [1.82, 2.24) is 14.8 Å². The van der Waals surface area contributed by atoms with E-state index in [4.69, 9.17) is 0 Å². The Bertz CT molecular complexity index is 367. The van der Waals surface area contributed by atoms with E-state index in [1.165, 1.54) is 12.8 Å². The molecule has 106 valence electrons. The first kappa shape index (κ1) is 14.1. The van der Waals surface area contributed by atoms with Crippen molar-refractivity contribution >= 4 is 5.91 Å². The number of amides is 1. The molecule has 1 amide bonds. The summed E-state index contributed by atoms with van der Waals surface area (Å²) >= 11 is 0. The minimum Gasteiger partial charge on any atom is -0.354 e. The molecule has 0 radical (unpaired) electrons. The van der Waals surface area contributed by atoms with Crippen LogP contribution in [0, 0.1) is 5.92 Å². The molecule has 1 aliphatic heterocycles. The van der Waals surface area contributed by atoms with Crippen LogP contribution >= 0.6 is 0 Å². The molecule has 0 spiro atoms. The summed E-state index contributed by atoms with van der Waals surface area (Å²) < 4.78 is 2.08. The molecule has 0 aliphatic carbocycles. The first-order valence-electron chi connectivity index (χ1n) is 7.37. The molecule has 1 aromatic heterocycles. The highest BCUT2D eigenvalue weighted by Crippen LogP contribution is 2.19. The third kappa shape index (κ3) is 4.71. The average molecular weight is 263 g/mol. The number of likely N-dealkylation sites (tertiary alicyclic amines) is 1. The maximum absolute atomic E-state index is 11.9. The molecule has 0 atom stereocenters. The average Bonchev–Trinajstić information content (AvgIpc) is 2.93. The van der Waals surface area contributed by atoms with Gasteiger partial charge >= 0.3 is 0 Å². The second-order valence-corrected chi connectivity index (χ2v) is 5.35. The Morgan fingerprint density at radius 1 is 1.26 bits per heavy atom. The van der Waals surface area contributed by atoms with Crippen molar-refractivity contribution in [3.63, 3.8) is 0 Å². The SMILES string of the molecule is CCN1CCC(CC(=O)NCCn2cccc2)CC1. The van der Waals surface area contributed by atoms with Crippen LogP contribution < -0.4 is 5.32 Å². The number of piperidine rings is 1. The van der Waals surface area contributed by atoms with Crippen LogP contribution in [-0.4, -0.2) is 41.6 Å². The molecule has 0 saturated carbocycles. The van der Waals surface area contributed by atoms with Gasteiger partial charge < -0.3 is 14.8 Å². The Balaban J connectivity index is 1.59. The number of nitrogens with one attached hydrogen (secondary N) is 1. The molecule has 1 aromatic rings. The van der Waals surface area contributed by atoms with Gasteiger partial charge in [0, 0.05) is 31.9 Å². The van der Waals surface area contributed by atoms with Gasteiger partial charge in [-0.2, -0.15) is 0 Å². The van der Waals surface area contributed by atoms with Gasteiger partial charge in [-0.1, -0.05) is 6.92 Å². The monoisotopic (exact) mass is 263 g/mol. The summed E-state index contributed by atoms with van der Waals surface area (Å²) in [5.74, 6) is 0.788. The topological polar surface area (TPSA) is 37.3 Å². The van der Waals surface area contributed by atoms with E-state index in [2.05, 4.69) is 21.7 Å². The van der Waals surface area contributed by atoms with Crippen LogP contribution in [-0.2, 0) is 11.3 Å². The lowest BCUT2D eigenvalue weighted by atomic mass is 9.93. The van der Waals surface area contributed by atoms with Crippen molar-refractivity contribution in [2.45, 2.75) is 32.7 Å². The third-order valence-corrected chi connectivity index (χ3v) is 3.99. The van der Waals surface area contributed by atoms with Gasteiger partial charge in [-0.15, -0.1) is 0 Å². The molecule has 1 N–H and O–H groups in total. The molecular formula is C15H25N3O. The lowest BCUT2D eigenvalue weighted by molar-refractivity contribution is -0.122. The van der Waals surface area contributed by atoms with E-state index in [0.717, 1.165) is 32.7 Å². The predicted molar refractivity (Wildman–Crippen MR) is 76.9 cm³/mol. The van der Waals surface area contributed by atoms with E-state index < -0.39 is 0 Å². The van der Waals surface area contributed by atoms with E-state index in [0.29, 0.717) is 12.3 Å². The molecule has 0 unspecified atom stereocenters. The minimum atomic E-state index is 0.210. The van der Waals surface area contributed by atoms with Gasteiger partial charge in [0.05, 0.1) is 0 Å². The molecule has 1 saturated heterocycles. The number of carbonyl (C=O) groups excluding carboxylic acids is 1. The largest absolute Gasteiger partial charge is 0.354 e. The molecule has 0 aromatic carbocycles. The van der Waals surface area contributed by atoms with Gasteiger partial charge in [0.2, 0.25) is 5.91 Å². The van der Waals surface area contributed by atoms with Gasteiger partial charge in [-0.05, 0) is 50.5 Å². The normalized spacial score (nSPS) is 17.5. The zero-order valence-electron chi connectivity index (χ0n) is 11.8. The van der Waals surface area contributed by atoms with Gasteiger partial charge in [-0.3, -0.25) is 4.79 Å². The highest BCUT2D eigenvalue weighted by Gasteiger charge is 2.20. The number of carbonyl (C=O) groups is 1. The Labute approximate surface area is 115 Å². The molecule has 0 bridgehead atoms. The van der Waals surface area contributed by atoms with E-state index in [9.17, 15) is 4.79 Å². The van der Waals surface area contributed by atoms with E-state index >= 15 is 0 Å². The Morgan fingerprint density at radius 3 is 2.58 bits per heavy atom. The highest BCUT2D eigenvalue weighted by molar-refractivity contribution is 5.76. The highest BCUT2D eigenvalue weighted by atomic mass is 16.1. The number of hydrogen-bond acceptors (Lipinski definition) is 2. The van der Waals surface area contributed by atoms with Gasteiger partial charge in [0.1, 0.15) is 0 Å². The fourth-order valence-electron chi connectivity index (χ4n) is 2.68. The Hall–Kier alpha value is -1.29. The van der Waals surface area contributed by atoms with E-state index in [1.807, 2.05) is 24.5 Å². The number of nitrogens with zero attached hydrogens (tertiary/aromatic N) is 2. The van der Waals surface area contributed by atoms with Crippen LogP contribution in [0.4, 0.5) is 0 Å². The standard InChI is InChI=1S/C15H25N3O/c1-2-17-10-5-14(6-11-17)13-15(19)16-7-12-18-8-3-4-9-18/h3-4,8-9,14H,2,5-7,10-13H2,1H3,(H,16,19). The fraction of sp³-hybridized carbons (Fsp3) is 0.667. The molecular weight excluding hydrogens is 238 g/mol. The Kier molecular flexibility index (Phi) is 5.45. The molecule has 19 heavy (non-hydrogen) atoms. The maximum Gasteiger partial charge on any atom is 0.220 e. The summed E-state index contributed by atoms with van der Waals surface area (Å²) in [6.07, 6.45) is 7.07. The second kappa shape index (κ2) is 7.34. The predicted octanol–water partition coefficient (Wildman–Crippen LogP) is 1.73. The van der Waals surface area contributed by atoms with Crippen molar-refractivity contribution in [3.05, 3.63) is 24.5 Å². The van der Waals surface area contributed by atoms with Crippen LogP contribution in [0.5, 0.6) is 0 Å².